The number of amides is 1. The molecule has 0 radical (unpaired) electrons. The van der Waals surface area contributed by atoms with Crippen LogP contribution >= 0.6 is 0 Å². The molecule has 2 N–H and O–H groups in total. The third kappa shape index (κ3) is 3.51. The van der Waals surface area contributed by atoms with Crippen molar-refractivity contribution in [3.8, 4) is 0 Å². The van der Waals surface area contributed by atoms with E-state index in [0.29, 0.717) is 5.92 Å². The predicted octanol–water partition coefficient (Wildman–Crippen LogP) is 4.89. The van der Waals surface area contributed by atoms with Gasteiger partial charge in [0.2, 0.25) is 5.91 Å². The summed E-state index contributed by atoms with van der Waals surface area (Å²) >= 11 is 0. The van der Waals surface area contributed by atoms with E-state index in [0.717, 1.165) is 47.8 Å². The van der Waals surface area contributed by atoms with E-state index in [1.165, 1.54) is 6.07 Å². The molecule has 3 aromatic rings. The van der Waals surface area contributed by atoms with Crippen LogP contribution in [0.25, 0.3) is 10.9 Å². The van der Waals surface area contributed by atoms with Crippen LogP contribution in [0.2, 0.25) is 0 Å². The molecule has 2 unspecified atom stereocenters. The number of aromatic nitrogens is 2. The van der Waals surface area contributed by atoms with E-state index in [4.69, 9.17) is 0 Å². The van der Waals surface area contributed by atoms with Crippen molar-refractivity contribution in [2.45, 2.75) is 51.6 Å². The van der Waals surface area contributed by atoms with Crippen molar-refractivity contribution >= 4 is 16.8 Å². The van der Waals surface area contributed by atoms with Crippen molar-refractivity contribution in [2.75, 3.05) is 0 Å². The minimum atomic E-state index is -0.222. The maximum absolute atomic E-state index is 13.7. The van der Waals surface area contributed by atoms with Gasteiger partial charge in [0.05, 0.1) is 6.04 Å². The lowest BCUT2D eigenvalue weighted by Crippen LogP contribution is -2.37. The second kappa shape index (κ2) is 7.22. The van der Waals surface area contributed by atoms with Gasteiger partial charge in [0, 0.05) is 29.0 Å². The van der Waals surface area contributed by atoms with E-state index >= 15 is 0 Å². The first-order valence-electron chi connectivity index (χ1n) is 9.75. The van der Waals surface area contributed by atoms with Gasteiger partial charge in [-0.25, -0.2) is 4.39 Å². The number of halogens is 1. The highest BCUT2D eigenvalue weighted by atomic mass is 19.1. The molecule has 0 saturated carbocycles. The van der Waals surface area contributed by atoms with Crippen LogP contribution in [0.3, 0.4) is 0 Å². The summed E-state index contributed by atoms with van der Waals surface area (Å²) in [6.45, 7) is 4.27. The number of benzene rings is 1. The van der Waals surface area contributed by atoms with Gasteiger partial charge in [-0.3, -0.25) is 4.79 Å². The van der Waals surface area contributed by atoms with Crippen LogP contribution in [-0.2, 0) is 11.2 Å². The molecule has 1 aliphatic rings. The number of rotatable bonds is 5. The van der Waals surface area contributed by atoms with Gasteiger partial charge in [-0.1, -0.05) is 13.8 Å². The highest BCUT2D eigenvalue weighted by molar-refractivity contribution is 5.86. The summed E-state index contributed by atoms with van der Waals surface area (Å²) in [6.07, 6.45) is 7.49. The van der Waals surface area contributed by atoms with Crippen molar-refractivity contribution in [1.82, 2.24) is 14.9 Å². The van der Waals surface area contributed by atoms with Crippen LogP contribution in [0.15, 0.2) is 42.7 Å². The zero-order valence-electron chi connectivity index (χ0n) is 15.8. The average Bonchev–Trinajstić information content (AvgIpc) is 3.28. The van der Waals surface area contributed by atoms with Gasteiger partial charge in [0.1, 0.15) is 11.9 Å². The Kier molecular flexibility index (Phi) is 4.77. The number of nitrogens with zero attached hydrogens (tertiary/aromatic N) is 1. The summed E-state index contributed by atoms with van der Waals surface area (Å²) in [5.41, 5.74) is 3.11. The Hall–Kier alpha value is -2.56. The van der Waals surface area contributed by atoms with E-state index in [9.17, 15) is 9.18 Å². The van der Waals surface area contributed by atoms with Crippen LogP contribution in [0.4, 0.5) is 4.39 Å². The molecular weight excluding hydrogens is 341 g/mol. The predicted molar refractivity (Wildman–Crippen MR) is 105 cm³/mol. The lowest BCUT2D eigenvalue weighted by atomic mass is 9.91. The van der Waals surface area contributed by atoms with E-state index in [2.05, 4.69) is 24.1 Å². The molecular formula is C22H26FN3O. The van der Waals surface area contributed by atoms with Crippen LogP contribution in [0.5, 0.6) is 0 Å². The highest BCUT2D eigenvalue weighted by Crippen LogP contribution is 2.35. The van der Waals surface area contributed by atoms with Crippen molar-refractivity contribution in [1.29, 1.82) is 0 Å². The molecule has 0 fully saturated rings. The second-order valence-corrected chi connectivity index (χ2v) is 7.94. The Labute approximate surface area is 158 Å². The molecule has 4 rings (SSSR count). The first kappa shape index (κ1) is 17.8. The molecule has 1 aliphatic carbocycles. The standard InChI is InChI=1S/C22H26FN3O/c1-14(2)12-20(26-10-3-4-11-26)22(27)25-19-7-5-6-16-17-13-15(23)8-9-18(17)24-21(16)19/h3-4,8-11,13-14,19-20,24H,5-7,12H2,1-2H3,(H,25,27). The van der Waals surface area contributed by atoms with Crippen molar-refractivity contribution in [2.24, 2.45) is 5.92 Å². The van der Waals surface area contributed by atoms with Crippen LogP contribution < -0.4 is 5.32 Å². The van der Waals surface area contributed by atoms with Crippen molar-refractivity contribution < 1.29 is 9.18 Å². The summed E-state index contributed by atoms with van der Waals surface area (Å²) in [5, 5.41) is 4.20. The third-order valence-electron chi connectivity index (χ3n) is 5.47. The van der Waals surface area contributed by atoms with Gasteiger partial charge < -0.3 is 14.9 Å². The first-order chi connectivity index (χ1) is 13.0. The number of carbonyl (C=O) groups is 1. The van der Waals surface area contributed by atoms with Crippen molar-refractivity contribution in [3.63, 3.8) is 0 Å². The Morgan fingerprint density at radius 1 is 1.33 bits per heavy atom. The summed E-state index contributed by atoms with van der Waals surface area (Å²) in [4.78, 5) is 16.5. The Morgan fingerprint density at radius 2 is 2.11 bits per heavy atom. The number of H-pyrrole nitrogens is 1. The van der Waals surface area contributed by atoms with Gasteiger partial charge in [-0.2, -0.15) is 0 Å². The molecule has 1 aromatic carbocycles. The fourth-order valence-corrected chi connectivity index (χ4v) is 4.21. The maximum atomic E-state index is 13.7. The average molecular weight is 367 g/mol. The Morgan fingerprint density at radius 3 is 2.85 bits per heavy atom. The molecule has 0 saturated heterocycles. The van der Waals surface area contributed by atoms with Crippen LogP contribution in [0, 0.1) is 11.7 Å². The SMILES string of the molecule is CC(C)CC(C(=O)NC1CCCc2c1[nH]c1ccc(F)cc21)n1cccc1. The minimum absolute atomic E-state index is 0.0441. The van der Waals surface area contributed by atoms with Crippen LogP contribution in [-0.4, -0.2) is 15.5 Å². The highest BCUT2D eigenvalue weighted by Gasteiger charge is 2.29. The molecule has 1 amide bonds. The van der Waals surface area contributed by atoms with Gasteiger partial charge in [0.15, 0.2) is 0 Å². The normalized spacial score (nSPS) is 17.9. The van der Waals surface area contributed by atoms with Crippen LogP contribution in [0.1, 0.15) is 56.5 Å². The van der Waals surface area contributed by atoms with E-state index in [1.54, 1.807) is 12.1 Å². The second-order valence-electron chi connectivity index (χ2n) is 7.94. The lowest BCUT2D eigenvalue weighted by Gasteiger charge is -2.27. The fourth-order valence-electron chi connectivity index (χ4n) is 4.21. The molecule has 0 bridgehead atoms. The lowest BCUT2D eigenvalue weighted by molar-refractivity contribution is -0.125. The number of carbonyl (C=O) groups excluding carboxylic acids is 1. The van der Waals surface area contributed by atoms with E-state index < -0.39 is 0 Å². The number of aromatic amines is 1. The summed E-state index contributed by atoms with van der Waals surface area (Å²) in [6, 6.07) is 8.48. The van der Waals surface area contributed by atoms with Gasteiger partial charge in [0.25, 0.3) is 0 Å². The molecule has 27 heavy (non-hydrogen) atoms. The molecule has 0 spiro atoms. The molecule has 2 aromatic heterocycles. The summed E-state index contributed by atoms with van der Waals surface area (Å²) in [7, 11) is 0. The Bertz CT molecular complexity index is 942. The largest absolute Gasteiger partial charge is 0.356 e. The van der Waals surface area contributed by atoms with E-state index in [1.807, 2.05) is 29.1 Å². The molecule has 142 valence electrons. The Balaban J connectivity index is 1.61. The number of fused-ring (bicyclic) bond motifs is 3. The molecule has 5 heteroatoms. The maximum Gasteiger partial charge on any atom is 0.243 e. The third-order valence-corrected chi connectivity index (χ3v) is 5.47. The molecule has 4 nitrogen and oxygen atoms in total. The van der Waals surface area contributed by atoms with Gasteiger partial charge >= 0.3 is 0 Å². The fraction of sp³-hybridized carbons (Fsp3) is 0.409. The topological polar surface area (TPSA) is 49.8 Å². The van der Waals surface area contributed by atoms with E-state index in [-0.39, 0.29) is 23.8 Å². The molecule has 2 heterocycles. The number of hydrogen-bond acceptors (Lipinski definition) is 1. The monoisotopic (exact) mass is 367 g/mol. The summed E-state index contributed by atoms with van der Waals surface area (Å²) in [5.74, 6) is 0.240. The first-order valence-corrected chi connectivity index (χ1v) is 9.75. The molecule has 0 aliphatic heterocycles. The minimum Gasteiger partial charge on any atom is -0.356 e. The number of hydrogen-bond donors (Lipinski definition) is 2. The van der Waals surface area contributed by atoms with Gasteiger partial charge in [-0.15, -0.1) is 0 Å². The quantitative estimate of drug-likeness (QED) is 0.663. The number of aryl methyl sites for hydroxylation is 1. The number of nitrogens with one attached hydrogen (secondary N) is 2. The summed E-state index contributed by atoms with van der Waals surface area (Å²) < 4.78 is 15.7. The molecule has 2 atom stereocenters. The smallest absolute Gasteiger partial charge is 0.243 e. The zero-order valence-corrected chi connectivity index (χ0v) is 15.8. The van der Waals surface area contributed by atoms with Gasteiger partial charge in [-0.05, 0) is 67.5 Å². The van der Waals surface area contributed by atoms with Crippen molar-refractivity contribution in [3.05, 3.63) is 59.8 Å². The zero-order chi connectivity index (χ0) is 19.0.